The molecule has 0 aliphatic rings. The van der Waals surface area contributed by atoms with Gasteiger partial charge in [-0.1, -0.05) is 0 Å². The third-order valence-electron chi connectivity index (χ3n) is 4.00. The van der Waals surface area contributed by atoms with E-state index >= 15 is 0 Å². The minimum absolute atomic E-state index is 0.0730. The van der Waals surface area contributed by atoms with Crippen molar-refractivity contribution in [2.24, 2.45) is 5.10 Å². The van der Waals surface area contributed by atoms with Crippen molar-refractivity contribution in [3.63, 3.8) is 0 Å². The first-order valence-electron chi connectivity index (χ1n) is 8.20. The summed E-state index contributed by atoms with van der Waals surface area (Å²) in [4.78, 5) is 38.9. The summed E-state index contributed by atoms with van der Waals surface area (Å²) in [5, 5.41) is 17.7. The average Bonchev–Trinajstić information content (AvgIpc) is 3.00. The molecule has 28 heavy (non-hydrogen) atoms. The highest BCUT2D eigenvalue weighted by molar-refractivity contribution is 6.01. The van der Waals surface area contributed by atoms with Crippen molar-refractivity contribution in [2.45, 2.75) is 13.8 Å². The molecule has 2 heterocycles. The molecule has 3 aromatic rings. The number of aryl methyl sites for hydroxylation is 1. The third kappa shape index (κ3) is 3.70. The van der Waals surface area contributed by atoms with Gasteiger partial charge >= 0.3 is 0 Å². The van der Waals surface area contributed by atoms with Gasteiger partial charge in [0.15, 0.2) is 0 Å². The normalized spacial score (nSPS) is 11.3. The van der Waals surface area contributed by atoms with E-state index in [0.29, 0.717) is 28.2 Å². The molecule has 0 saturated heterocycles. The Labute approximate surface area is 158 Å². The molecule has 142 valence electrons. The number of non-ortho nitro benzene ring substituents is 1. The van der Waals surface area contributed by atoms with Crippen LogP contribution < -0.4 is 11.0 Å². The van der Waals surface area contributed by atoms with Gasteiger partial charge in [-0.25, -0.2) is 10.1 Å². The lowest BCUT2D eigenvalue weighted by Crippen LogP contribution is -2.23. The van der Waals surface area contributed by atoms with Crippen LogP contribution >= 0.6 is 0 Å². The maximum absolute atomic E-state index is 12.8. The Morgan fingerprint density at radius 1 is 1.29 bits per heavy atom. The number of hydrogen-bond acceptors (Lipinski definition) is 6. The van der Waals surface area contributed by atoms with E-state index in [-0.39, 0.29) is 11.2 Å². The van der Waals surface area contributed by atoms with Crippen molar-refractivity contribution in [3.05, 3.63) is 86.1 Å². The lowest BCUT2D eigenvalue weighted by atomic mass is 10.2. The summed E-state index contributed by atoms with van der Waals surface area (Å²) in [6, 6.07) is 8.78. The molecule has 3 rings (SSSR count). The quantitative estimate of drug-likeness (QED) is 0.396. The monoisotopic (exact) mass is 380 g/mol. The van der Waals surface area contributed by atoms with Gasteiger partial charge in [0.2, 0.25) is 0 Å². The summed E-state index contributed by atoms with van der Waals surface area (Å²) in [7, 11) is 0. The van der Waals surface area contributed by atoms with E-state index in [0.717, 1.165) is 0 Å². The molecule has 1 aromatic carbocycles. The average molecular weight is 380 g/mol. The second-order valence-electron chi connectivity index (χ2n) is 5.91. The van der Waals surface area contributed by atoms with Crippen molar-refractivity contribution < 1.29 is 9.72 Å². The zero-order chi connectivity index (χ0) is 20.3. The zero-order valence-corrected chi connectivity index (χ0v) is 15.0. The molecule has 1 amide bonds. The van der Waals surface area contributed by atoms with E-state index in [9.17, 15) is 19.7 Å². The Bertz CT molecular complexity index is 1110. The van der Waals surface area contributed by atoms with E-state index in [1.165, 1.54) is 35.1 Å². The number of nitro groups is 1. The van der Waals surface area contributed by atoms with Gasteiger partial charge in [0.25, 0.3) is 17.2 Å². The van der Waals surface area contributed by atoms with Crippen molar-refractivity contribution >= 4 is 17.3 Å². The summed E-state index contributed by atoms with van der Waals surface area (Å²) < 4.78 is 1.26. The number of pyridine rings is 1. The first-order valence-corrected chi connectivity index (χ1v) is 8.20. The summed E-state index contributed by atoms with van der Waals surface area (Å²) in [5.74, 6) is -0.448. The fourth-order valence-electron chi connectivity index (χ4n) is 2.63. The largest absolute Gasteiger partial charge is 0.295 e. The van der Waals surface area contributed by atoms with Crippen LogP contribution in [0.2, 0.25) is 0 Å². The first kappa shape index (κ1) is 18.7. The van der Waals surface area contributed by atoms with E-state index < -0.39 is 10.8 Å². The van der Waals surface area contributed by atoms with Gasteiger partial charge < -0.3 is 0 Å². The Hall–Kier alpha value is -4.08. The Morgan fingerprint density at radius 2 is 2.00 bits per heavy atom. The van der Waals surface area contributed by atoms with Crippen LogP contribution in [0, 0.1) is 17.0 Å². The van der Waals surface area contributed by atoms with Gasteiger partial charge in [0.1, 0.15) is 0 Å². The van der Waals surface area contributed by atoms with Gasteiger partial charge in [-0.05, 0) is 38.1 Å². The predicted molar refractivity (Wildman–Crippen MR) is 102 cm³/mol. The lowest BCUT2D eigenvalue weighted by molar-refractivity contribution is -0.384. The molecular weight excluding hydrogens is 364 g/mol. The van der Waals surface area contributed by atoms with Crippen molar-refractivity contribution in [1.82, 2.24) is 20.2 Å². The van der Waals surface area contributed by atoms with Gasteiger partial charge in [0, 0.05) is 30.2 Å². The maximum atomic E-state index is 12.8. The molecule has 0 fully saturated rings. The number of benzene rings is 1. The van der Waals surface area contributed by atoms with Crippen LogP contribution in [0.25, 0.3) is 5.69 Å². The highest BCUT2D eigenvalue weighted by atomic mass is 16.6. The number of nitro benzene ring substituents is 1. The number of H-pyrrole nitrogens is 1. The molecule has 2 N–H and O–H groups in total. The molecule has 0 radical (unpaired) electrons. The highest BCUT2D eigenvalue weighted by Gasteiger charge is 2.16. The summed E-state index contributed by atoms with van der Waals surface area (Å²) in [5.41, 5.74) is 3.87. The SMILES string of the molecule is CC(=NNC(=O)c1cccnc1)c1c(C)[nH]n(-c2ccc([N+](=O)[O-])cc2)c1=O. The molecule has 0 spiro atoms. The van der Waals surface area contributed by atoms with E-state index in [1.54, 1.807) is 32.2 Å². The smallest absolute Gasteiger partial charge is 0.280 e. The number of aromatic nitrogens is 3. The van der Waals surface area contributed by atoms with Crippen LogP contribution in [0.5, 0.6) is 0 Å². The second kappa shape index (κ2) is 7.66. The minimum Gasteiger partial charge on any atom is -0.295 e. The zero-order valence-electron chi connectivity index (χ0n) is 15.0. The molecule has 0 unspecified atom stereocenters. The fourth-order valence-corrected chi connectivity index (χ4v) is 2.63. The van der Waals surface area contributed by atoms with Crippen LogP contribution in [0.4, 0.5) is 5.69 Å². The molecule has 2 aromatic heterocycles. The summed E-state index contributed by atoms with van der Waals surface area (Å²) >= 11 is 0. The molecule has 0 atom stereocenters. The van der Waals surface area contributed by atoms with Crippen LogP contribution in [0.15, 0.2) is 58.7 Å². The van der Waals surface area contributed by atoms with Gasteiger partial charge in [-0.15, -0.1) is 0 Å². The number of carbonyl (C=O) groups is 1. The maximum Gasteiger partial charge on any atom is 0.280 e. The van der Waals surface area contributed by atoms with Crippen molar-refractivity contribution in [1.29, 1.82) is 0 Å². The second-order valence-corrected chi connectivity index (χ2v) is 5.91. The molecule has 0 aliphatic carbocycles. The molecule has 10 heteroatoms. The number of rotatable bonds is 5. The summed E-state index contributed by atoms with van der Waals surface area (Å²) in [6.45, 7) is 3.29. The van der Waals surface area contributed by atoms with E-state index in [1.807, 2.05) is 0 Å². The number of nitrogens with zero attached hydrogens (tertiary/aromatic N) is 4. The van der Waals surface area contributed by atoms with E-state index in [4.69, 9.17) is 0 Å². The highest BCUT2D eigenvalue weighted by Crippen LogP contribution is 2.14. The molecule has 10 nitrogen and oxygen atoms in total. The first-order chi connectivity index (χ1) is 13.4. The number of hydrazone groups is 1. The minimum atomic E-state index is -0.514. The van der Waals surface area contributed by atoms with Crippen LogP contribution in [0.3, 0.4) is 0 Å². The molecular formula is C18H16N6O4. The molecule has 0 bridgehead atoms. The van der Waals surface area contributed by atoms with Gasteiger partial charge in [-0.3, -0.25) is 29.8 Å². The Kier molecular flexibility index (Phi) is 5.12. The third-order valence-corrected chi connectivity index (χ3v) is 4.00. The van der Waals surface area contributed by atoms with Crippen LogP contribution in [0.1, 0.15) is 28.5 Å². The topological polar surface area (TPSA) is 135 Å². The standard InChI is InChI=1S/C18H16N6O4/c1-11(20-21-17(25)13-4-3-9-19-10-13)16-12(2)22-23(18(16)26)14-5-7-15(8-6-14)24(27)28/h3-10,22H,1-2H3,(H,21,25). The fraction of sp³-hybridized carbons (Fsp3) is 0.111. The molecule has 0 aliphatic heterocycles. The number of carbonyl (C=O) groups excluding carboxylic acids is 1. The van der Waals surface area contributed by atoms with Crippen molar-refractivity contribution in [2.75, 3.05) is 0 Å². The van der Waals surface area contributed by atoms with E-state index in [2.05, 4.69) is 20.6 Å². The van der Waals surface area contributed by atoms with Gasteiger partial charge in [-0.2, -0.15) is 5.10 Å². The predicted octanol–water partition coefficient (Wildman–Crippen LogP) is 1.93. The van der Waals surface area contributed by atoms with Crippen LogP contribution in [-0.2, 0) is 0 Å². The Morgan fingerprint density at radius 3 is 2.61 bits per heavy atom. The Balaban J connectivity index is 1.87. The van der Waals surface area contributed by atoms with Crippen molar-refractivity contribution in [3.8, 4) is 5.69 Å². The number of hydrogen-bond donors (Lipinski definition) is 2. The van der Waals surface area contributed by atoms with Gasteiger partial charge in [0.05, 0.1) is 27.4 Å². The van der Waals surface area contributed by atoms with Crippen LogP contribution in [-0.4, -0.2) is 31.3 Å². The number of amides is 1. The molecule has 0 saturated carbocycles. The number of nitrogens with one attached hydrogen (secondary N) is 2. The number of aromatic amines is 1. The lowest BCUT2D eigenvalue weighted by Gasteiger charge is -2.01. The summed E-state index contributed by atoms with van der Waals surface area (Å²) in [6.07, 6.45) is 2.96.